The molecule has 4 N–H and O–H groups in total. The van der Waals surface area contributed by atoms with Gasteiger partial charge >= 0.3 is 0 Å². The van der Waals surface area contributed by atoms with Crippen molar-refractivity contribution in [3.05, 3.63) is 77.9 Å². The molecule has 0 radical (unpaired) electrons. The van der Waals surface area contributed by atoms with Crippen molar-refractivity contribution < 1.29 is 23.6 Å². The van der Waals surface area contributed by atoms with E-state index in [2.05, 4.69) is 32.2 Å². The van der Waals surface area contributed by atoms with E-state index < -0.39 is 11.7 Å². The molecule has 1 atom stereocenters. The Labute approximate surface area is 216 Å². The van der Waals surface area contributed by atoms with Crippen LogP contribution >= 0.6 is 0 Å². The summed E-state index contributed by atoms with van der Waals surface area (Å²) in [6, 6.07) is 15.0. The van der Waals surface area contributed by atoms with E-state index in [0.29, 0.717) is 16.8 Å². The van der Waals surface area contributed by atoms with Crippen LogP contribution in [0.15, 0.2) is 65.3 Å². The van der Waals surface area contributed by atoms with E-state index in [0.717, 1.165) is 31.5 Å². The second-order valence-electron chi connectivity index (χ2n) is 8.60. The van der Waals surface area contributed by atoms with Crippen LogP contribution in [0.3, 0.4) is 0 Å². The fourth-order valence-corrected chi connectivity index (χ4v) is 4.24. The highest BCUT2D eigenvalue weighted by atomic mass is 19.1. The largest absolute Gasteiger partial charge is 0.507 e. The van der Waals surface area contributed by atoms with Gasteiger partial charge in [0.1, 0.15) is 23.2 Å². The van der Waals surface area contributed by atoms with Crippen molar-refractivity contribution in [1.29, 1.82) is 5.26 Å². The van der Waals surface area contributed by atoms with E-state index in [1.807, 2.05) is 0 Å². The van der Waals surface area contributed by atoms with Gasteiger partial charge in [-0.1, -0.05) is 17.3 Å². The summed E-state index contributed by atoms with van der Waals surface area (Å²) in [7, 11) is 0. The van der Waals surface area contributed by atoms with E-state index in [1.165, 1.54) is 18.3 Å². The first-order valence-corrected chi connectivity index (χ1v) is 11.7. The highest BCUT2D eigenvalue weighted by Crippen LogP contribution is 2.36. The molecule has 0 saturated carbocycles. The second kappa shape index (κ2) is 10.5. The summed E-state index contributed by atoms with van der Waals surface area (Å²) in [5.74, 6) is -2.06. The number of nitrogens with zero attached hydrogens (tertiary/aromatic N) is 3. The van der Waals surface area contributed by atoms with Gasteiger partial charge in [-0.2, -0.15) is 5.26 Å². The van der Waals surface area contributed by atoms with E-state index in [1.54, 1.807) is 30.3 Å². The molecule has 4 aromatic rings. The molecule has 190 valence electrons. The van der Waals surface area contributed by atoms with Crippen LogP contribution in [0.5, 0.6) is 5.75 Å². The topological polar surface area (TPSA) is 153 Å². The van der Waals surface area contributed by atoms with Crippen molar-refractivity contribution in [1.82, 2.24) is 15.5 Å². The molecule has 10 nitrogen and oxygen atoms in total. The van der Waals surface area contributed by atoms with Crippen molar-refractivity contribution in [2.45, 2.75) is 18.9 Å². The third-order valence-electron chi connectivity index (χ3n) is 6.08. The molecule has 2 aromatic heterocycles. The van der Waals surface area contributed by atoms with Gasteiger partial charge in [-0.25, -0.2) is 9.37 Å². The van der Waals surface area contributed by atoms with Gasteiger partial charge in [0.25, 0.3) is 5.91 Å². The predicted octanol–water partition coefficient (Wildman–Crippen LogP) is 4.06. The Morgan fingerprint density at radius 2 is 2.00 bits per heavy atom. The molecule has 2 amide bonds. The molecular formula is C27H21FN6O4. The fourth-order valence-electron chi connectivity index (χ4n) is 4.24. The van der Waals surface area contributed by atoms with E-state index in [-0.39, 0.29) is 46.1 Å². The van der Waals surface area contributed by atoms with Gasteiger partial charge < -0.3 is 25.6 Å². The van der Waals surface area contributed by atoms with Gasteiger partial charge in [-0.15, -0.1) is 0 Å². The van der Waals surface area contributed by atoms with Crippen LogP contribution in [0, 0.1) is 17.1 Å². The Bertz CT molecular complexity index is 1560. The van der Waals surface area contributed by atoms with E-state index in [9.17, 15) is 24.3 Å². The van der Waals surface area contributed by atoms with Gasteiger partial charge in [0.15, 0.2) is 5.82 Å². The normalized spacial score (nSPS) is 14.6. The molecule has 38 heavy (non-hydrogen) atoms. The van der Waals surface area contributed by atoms with Crippen LogP contribution in [0.1, 0.15) is 29.0 Å². The summed E-state index contributed by atoms with van der Waals surface area (Å²) < 4.78 is 18.6. The molecule has 1 aliphatic heterocycles. The number of anilines is 2. The number of aromatic hydroxyl groups is 1. The number of rotatable bonds is 6. The van der Waals surface area contributed by atoms with Crippen molar-refractivity contribution in [3.8, 4) is 34.2 Å². The third-order valence-corrected chi connectivity index (χ3v) is 6.08. The van der Waals surface area contributed by atoms with Gasteiger partial charge in [0.2, 0.25) is 11.7 Å². The third kappa shape index (κ3) is 5.07. The molecule has 3 heterocycles. The van der Waals surface area contributed by atoms with Crippen LogP contribution in [-0.4, -0.2) is 39.6 Å². The number of amides is 2. The molecule has 5 rings (SSSR count). The zero-order valence-corrected chi connectivity index (χ0v) is 19.9. The quantitative estimate of drug-likeness (QED) is 0.302. The Morgan fingerprint density at radius 1 is 1.13 bits per heavy atom. The Hall–Kier alpha value is -5.08. The fraction of sp³-hybridized carbons (Fsp3) is 0.148. The number of halogens is 1. The number of phenolic OH excluding ortho intramolecular Hbond substituents is 1. The number of pyridine rings is 1. The highest BCUT2D eigenvalue weighted by Gasteiger charge is 2.23. The van der Waals surface area contributed by atoms with Gasteiger partial charge in [-0.3, -0.25) is 9.59 Å². The van der Waals surface area contributed by atoms with Gasteiger partial charge in [0, 0.05) is 28.9 Å². The summed E-state index contributed by atoms with van der Waals surface area (Å²) in [4.78, 5) is 29.7. The van der Waals surface area contributed by atoms with E-state index in [4.69, 9.17) is 4.52 Å². The maximum Gasteiger partial charge on any atom is 0.295 e. The maximum atomic E-state index is 13.7. The predicted molar refractivity (Wildman–Crippen MR) is 136 cm³/mol. The SMILES string of the molecule is N#Cc1c(-c2cccc(NC(=O)[C@H]3CCCN3)c2)cc(-c2ccc(F)cc2O)nc1NC(=O)c1ccno1. The molecule has 0 aliphatic carbocycles. The lowest BCUT2D eigenvalue weighted by molar-refractivity contribution is -0.117. The van der Waals surface area contributed by atoms with Crippen LogP contribution in [0.25, 0.3) is 22.4 Å². The number of phenols is 1. The molecule has 11 heteroatoms. The van der Waals surface area contributed by atoms with Crippen LogP contribution < -0.4 is 16.0 Å². The number of hydrogen-bond donors (Lipinski definition) is 4. The highest BCUT2D eigenvalue weighted by molar-refractivity contribution is 6.03. The van der Waals surface area contributed by atoms with E-state index >= 15 is 0 Å². The zero-order valence-electron chi connectivity index (χ0n) is 19.9. The summed E-state index contributed by atoms with van der Waals surface area (Å²) in [5, 5.41) is 32.6. The smallest absolute Gasteiger partial charge is 0.295 e. The number of nitrogens with one attached hydrogen (secondary N) is 3. The number of nitriles is 1. The molecule has 0 unspecified atom stereocenters. The Kier molecular flexibility index (Phi) is 6.80. The maximum absolute atomic E-state index is 13.7. The Balaban J connectivity index is 1.60. The van der Waals surface area contributed by atoms with Crippen LogP contribution in [0.4, 0.5) is 15.9 Å². The molecule has 2 aromatic carbocycles. The van der Waals surface area contributed by atoms with Crippen molar-refractivity contribution in [2.24, 2.45) is 0 Å². The summed E-state index contributed by atoms with van der Waals surface area (Å²) in [6.45, 7) is 0.780. The lowest BCUT2D eigenvalue weighted by atomic mass is 9.97. The second-order valence-corrected chi connectivity index (χ2v) is 8.60. The van der Waals surface area contributed by atoms with Crippen LogP contribution in [-0.2, 0) is 4.79 Å². The first-order valence-electron chi connectivity index (χ1n) is 11.7. The van der Waals surface area contributed by atoms with Crippen molar-refractivity contribution in [2.75, 3.05) is 17.2 Å². The lowest BCUT2D eigenvalue weighted by Gasteiger charge is -2.15. The standard InChI is InChI=1S/C27H21FN6O4/c28-16-6-7-18(23(35)12-16)22-13-19(20(14-29)25(33-22)34-27(37)24-8-10-31-38-24)15-3-1-4-17(11-15)32-26(36)21-5-2-9-30-21/h1,3-4,6-8,10-13,21,30,35H,2,5,9H2,(H,32,36)(H,33,34,37)/t21-/m1/s1. The minimum Gasteiger partial charge on any atom is -0.507 e. The average Bonchev–Trinajstić information content (AvgIpc) is 3.64. The van der Waals surface area contributed by atoms with Crippen LogP contribution in [0.2, 0.25) is 0 Å². The molecule has 1 saturated heterocycles. The summed E-state index contributed by atoms with van der Waals surface area (Å²) in [5.41, 5.74) is 1.81. The van der Waals surface area contributed by atoms with Gasteiger partial charge in [-0.05, 0) is 55.3 Å². The van der Waals surface area contributed by atoms with Crippen molar-refractivity contribution in [3.63, 3.8) is 0 Å². The Morgan fingerprint density at radius 3 is 2.71 bits per heavy atom. The van der Waals surface area contributed by atoms with Gasteiger partial charge in [0.05, 0.1) is 17.9 Å². The number of carbonyl (C=O) groups is 2. The molecule has 0 spiro atoms. The molecule has 1 fully saturated rings. The summed E-state index contributed by atoms with van der Waals surface area (Å²) in [6.07, 6.45) is 2.96. The first kappa shape index (κ1) is 24.6. The minimum atomic E-state index is -0.692. The number of aromatic nitrogens is 2. The monoisotopic (exact) mass is 512 g/mol. The zero-order chi connectivity index (χ0) is 26.6. The average molecular weight is 513 g/mol. The summed E-state index contributed by atoms with van der Waals surface area (Å²) >= 11 is 0. The number of benzene rings is 2. The molecule has 0 bridgehead atoms. The number of carbonyl (C=O) groups excluding carboxylic acids is 2. The number of hydrogen-bond acceptors (Lipinski definition) is 8. The molecular weight excluding hydrogens is 491 g/mol. The lowest BCUT2D eigenvalue weighted by Crippen LogP contribution is -2.35. The molecule has 1 aliphatic rings. The van der Waals surface area contributed by atoms with Crippen molar-refractivity contribution >= 4 is 23.3 Å². The minimum absolute atomic E-state index is 0.0316. The first-order chi connectivity index (χ1) is 18.4.